The molecule has 0 aliphatic rings. The fraction of sp³-hybridized carbons (Fsp3) is 0. The number of hydrogen-bond acceptors (Lipinski definition) is 5. The number of fused-ring (bicyclic) bond motifs is 1. The van der Waals surface area contributed by atoms with Crippen LogP contribution in [-0.4, -0.2) is 19.6 Å². The molecule has 0 bridgehead atoms. The second-order valence-corrected chi connectivity index (χ2v) is 4.62. The van der Waals surface area contributed by atoms with Gasteiger partial charge in [-0.2, -0.15) is 0 Å². The molecule has 3 aromatic rings. The van der Waals surface area contributed by atoms with Gasteiger partial charge in [-0.15, -0.1) is 10.2 Å². The third-order valence-electron chi connectivity index (χ3n) is 2.53. The molecule has 3 rings (SSSR count). The van der Waals surface area contributed by atoms with Crippen molar-refractivity contribution in [1.82, 2.24) is 19.6 Å². The van der Waals surface area contributed by atoms with Gasteiger partial charge in [-0.1, -0.05) is 23.2 Å². The number of nitrogens with zero attached hydrogens (tertiary/aromatic N) is 4. The smallest absolute Gasteiger partial charge is 0.226 e. The van der Waals surface area contributed by atoms with Crippen molar-refractivity contribution in [2.24, 2.45) is 0 Å². The molecule has 0 fully saturated rings. The van der Waals surface area contributed by atoms with Crippen LogP contribution in [0.15, 0.2) is 30.6 Å². The van der Waals surface area contributed by atoms with Crippen LogP contribution in [0.4, 0.5) is 17.5 Å². The summed E-state index contributed by atoms with van der Waals surface area (Å²) in [6, 6.07) is 5.11. The van der Waals surface area contributed by atoms with Gasteiger partial charge in [0.05, 0.1) is 10.7 Å². The lowest BCUT2D eigenvalue weighted by Gasteiger charge is -2.08. The van der Waals surface area contributed by atoms with Crippen molar-refractivity contribution < 1.29 is 0 Å². The molecule has 0 saturated heterocycles. The Balaban J connectivity index is 2.08. The van der Waals surface area contributed by atoms with E-state index in [4.69, 9.17) is 28.9 Å². The van der Waals surface area contributed by atoms with Gasteiger partial charge in [0.1, 0.15) is 0 Å². The highest BCUT2D eigenvalue weighted by molar-refractivity contribution is 6.35. The highest BCUT2D eigenvalue weighted by atomic mass is 35.5. The first kappa shape index (κ1) is 12.0. The van der Waals surface area contributed by atoms with Crippen LogP contribution in [0.3, 0.4) is 0 Å². The van der Waals surface area contributed by atoms with Crippen LogP contribution < -0.4 is 11.1 Å². The number of nitrogens with two attached hydrogens (primary N) is 1. The maximum atomic E-state index is 6.09. The van der Waals surface area contributed by atoms with E-state index < -0.39 is 0 Å². The van der Waals surface area contributed by atoms with Gasteiger partial charge in [-0.05, 0) is 18.2 Å². The molecule has 0 radical (unpaired) electrons. The zero-order valence-electron chi connectivity index (χ0n) is 9.51. The topological polar surface area (TPSA) is 81.1 Å². The predicted molar refractivity (Wildman–Crippen MR) is 74.9 cm³/mol. The fourth-order valence-corrected chi connectivity index (χ4v) is 1.99. The van der Waals surface area contributed by atoms with Gasteiger partial charge >= 0.3 is 0 Å². The summed E-state index contributed by atoms with van der Waals surface area (Å²) in [5.74, 6) is 0.786. The number of halogens is 2. The van der Waals surface area contributed by atoms with Crippen molar-refractivity contribution in [2.75, 3.05) is 11.1 Å². The van der Waals surface area contributed by atoms with Gasteiger partial charge in [0.2, 0.25) is 11.6 Å². The molecular weight excluding hydrogens is 287 g/mol. The molecule has 19 heavy (non-hydrogen) atoms. The van der Waals surface area contributed by atoms with Gasteiger partial charge in [-0.3, -0.25) is 4.40 Å². The first-order chi connectivity index (χ1) is 9.15. The van der Waals surface area contributed by atoms with E-state index in [1.54, 1.807) is 35.0 Å². The number of nitrogens with one attached hydrogen (secondary N) is 1. The summed E-state index contributed by atoms with van der Waals surface area (Å²) >= 11 is 12.0. The lowest BCUT2D eigenvalue weighted by Crippen LogP contribution is -2.00. The Kier molecular flexibility index (Phi) is 2.88. The summed E-state index contributed by atoms with van der Waals surface area (Å²) in [5.41, 5.74) is 6.82. The Morgan fingerprint density at radius 3 is 2.89 bits per heavy atom. The zero-order chi connectivity index (χ0) is 13.4. The Morgan fingerprint density at radius 2 is 2.05 bits per heavy atom. The lowest BCUT2D eigenvalue weighted by molar-refractivity contribution is 1.12. The number of benzene rings is 1. The van der Waals surface area contributed by atoms with Crippen molar-refractivity contribution >= 4 is 46.3 Å². The van der Waals surface area contributed by atoms with Crippen LogP contribution >= 0.6 is 23.2 Å². The minimum Gasteiger partial charge on any atom is -0.368 e. The van der Waals surface area contributed by atoms with E-state index in [9.17, 15) is 0 Å². The molecule has 0 amide bonds. The van der Waals surface area contributed by atoms with E-state index >= 15 is 0 Å². The fourth-order valence-electron chi connectivity index (χ4n) is 1.65. The third kappa shape index (κ3) is 2.16. The quantitative estimate of drug-likeness (QED) is 0.759. The number of hydrogen-bond donors (Lipinski definition) is 2. The van der Waals surface area contributed by atoms with Crippen molar-refractivity contribution in [3.8, 4) is 0 Å². The molecule has 0 aliphatic heterocycles. The molecule has 0 atom stereocenters. The molecule has 0 spiro atoms. The Bertz CT molecular complexity index is 754. The molecule has 0 aliphatic carbocycles. The van der Waals surface area contributed by atoms with E-state index in [1.165, 1.54) is 0 Å². The van der Waals surface area contributed by atoms with Crippen molar-refractivity contribution in [2.45, 2.75) is 0 Å². The average Bonchev–Trinajstić information content (AvgIpc) is 2.77. The summed E-state index contributed by atoms with van der Waals surface area (Å²) in [4.78, 5) is 4.19. The highest BCUT2D eigenvalue weighted by Gasteiger charge is 2.10. The van der Waals surface area contributed by atoms with Crippen molar-refractivity contribution in [1.29, 1.82) is 0 Å². The number of anilines is 3. The summed E-state index contributed by atoms with van der Waals surface area (Å²) in [5, 5.41) is 11.9. The molecular formula is C11H8Cl2N6. The Labute approximate surface area is 118 Å². The molecule has 0 unspecified atom stereocenters. The molecule has 1 aromatic carbocycles. The van der Waals surface area contributed by atoms with E-state index in [-0.39, 0.29) is 5.95 Å². The minimum absolute atomic E-state index is 0.289. The van der Waals surface area contributed by atoms with Gasteiger partial charge in [0, 0.05) is 17.4 Å². The van der Waals surface area contributed by atoms with E-state index in [0.717, 1.165) is 0 Å². The Hall–Kier alpha value is -2.05. The number of rotatable bonds is 2. The second kappa shape index (κ2) is 4.56. The summed E-state index contributed by atoms with van der Waals surface area (Å²) in [7, 11) is 0. The van der Waals surface area contributed by atoms with Crippen LogP contribution in [0.2, 0.25) is 10.0 Å². The van der Waals surface area contributed by atoms with E-state index in [1.807, 2.05) is 0 Å². The summed E-state index contributed by atoms with van der Waals surface area (Å²) in [6.07, 6.45) is 3.27. The number of nitrogen functional groups attached to an aromatic ring is 1. The predicted octanol–water partition coefficient (Wildman–Crippen LogP) is 2.76. The molecule has 96 valence electrons. The molecule has 6 nitrogen and oxygen atoms in total. The SMILES string of the molecule is Nc1nnc2c(Nc3cc(Cl)ccc3Cl)nccn12. The molecule has 8 heteroatoms. The molecule has 2 heterocycles. The van der Waals surface area contributed by atoms with Gasteiger partial charge < -0.3 is 11.1 Å². The van der Waals surface area contributed by atoms with Crippen molar-refractivity contribution in [3.63, 3.8) is 0 Å². The maximum Gasteiger partial charge on any atom is 0.226 e. The van der Waals surface area contributed by atoms with Crippen LogP contribution in [0.5, 0.6) is 0 Å². The largest absolute Gasteiger partial charge is 0.368 e. The minimum atomic E-state index is 0.289. The second-order valence-electron chi connectivity index (χ2n) is 3.78. The van der Waals surface area contributed by atoms with Crippen LogP contribution in [-0.2, 0) is 0 Å². The first-order valence-electron chi connectivity index (χ1n) is 5.32. The van der Waals surface area contributed by atoms with E-state index in [2.05, 4.69) is 20.5 Å². The standard InChI is InChI=1S/C11H8Cl2N6/c12-6-1-2-7(13)8(5-6)16-9-10-17-18-11(14)19(10)4-3-15-9/h1-5H,(H2,14,18)(H,15,16). The normalized spacial score (nSPS) is 10.8. The molecule has 3 N–H and O–H groups in total. The van der Waals surface area contributed by atoms with Crippen LogP contribution in [0, 0.1) is 0 Å². The van der Waals surface area contributed by atoms with Crippen molar-refractivity contribution in [3.05, 3.63) is 40.6 Å². The summed E-state index contributed by atoms with van der Waals surface area (Å²) < 4.78 is 1.62. The number of aromatic nitrogens is 4. The van der Waals surface area contributed by atoms with Gasteiger partial charge in [0.25, 0.3) is 0 Å². The van der Waals surface area contributed by atoms with E-state index in [0.29, 0.717) is 27.2 Å². The van der Waals surface area contributed by atoms with Gasteiger partial charge in [-0.25, -0.2) is 4.98 Å². The molecule has 0 saturated carbocycles. The lowest BCUT2D eigenvalue weighted by atomic mass is 10.3. The summed E-state index contributed by atoms with van der Waals surface area (Å²) in [6.45, 7) is 0. The monoisotopic (exact) mass is 294 g/mol. The Morgan fingerprint density at radius 1 is 1.21 bits per heavy atom. The highest BCUT2D eigenvalue weighted by Crippen LogP contribution is 2.28. The zero-order valence-corrected chi connectivity index (χ0v) is 11.0. The van der Waals surface area contributed by atoms with Crippen LogP contribution in [0.25, 0.3) is 5.65 Å². The average molecular weight is 295 g/mol. The molecule has 2 aromatic heterocycles. The maximum absolute atomic E-state index is 6.09. The first-order valence-corrected chi connectivity index (χ1v) is 6.08. The van der Waals surface area contributed by atoms with Gasteiger partial charge in [0.15, 0.2) is 5.82 Å². The van der Waals surface area contributed by atoms with Crippen LogP contribution in [0.1, 0.15) is 0 Å². The third-order valence-corrected chi connectivity index (χ3v) is 3.10.